The maximum atomic E-state index is 12.3. The number of ether oxygens (including phenoxy) is 1. The molecule has 1 N–H and O–H groups in total. The number of nitrogens with zero attached hydrogens (tertiary/aromatic N) is 1. The summed E-state index contributed by atoms with van der Waals surface area (Å²) in [6.45, 7) is 8.45. The zero-order valence-electron chi connectivity index (χ0n) is 16.7. The van der Waals surface area contributed by atoms with Crippen LogP contribution in [0, 0.1) is 13.8 Å². The highest BCUT2D eigenvalue weighted by atomic mass is 16.5. The molecule has 0 saturated heterocycles. The van der Waals surface area contributed by atoms with Crippen LogP contribution in [0.4, 0.5) is 0 Å². The van der Waals surface area contributed by atoms with E-state index in [1.165, 1.54) is 5.56 Å². The first-order valence-corrected chi connectivity index (χ1v) is 9.11. The maximum absolute atomic E-state index is 12.3. The Labute approximate surface area is 161 Å². The fourth-order valence-corrected chi connectivity index (χ4v) is 2.72. The largest absolute Gasteiger partial charge is 0.491 e. The highest BCUT2D eigenvalue weighted by Gasteiger charge is 2.13. The number of aryl methyl sites for hydroxylation is 2. The lowest BCUT2D eigenvalue weighted by Crippen LogP contribution is -2.37. The Bertz CT molecular complexity index is 798. The summed E-state index contributed by atoms with van der Waals surface area (Å²) in [5.74, 6) is 0.299. The van der Waals surface area contributed by atoms with Gasteiger partial charge in [-0.3, -0.25) is 9.59 Å². The quantitative estimate of drug-likeness (QED) is 0.814. The Morgan fingerprint density at radius 2 is 1.74 bits per heavy atom. The maximum Gasteiger partial charge on any atom is 0.251 e. The second kappa shape index (κ2) is 9.21. The lowest BCUT2D eigenvalue weighted by molar-refractivity contribution is -0.129. The van der Waals surface area contributed by atoms with Gasteiger partial charge < -0.3 is 15.0 Å². The highest BCUT2D eigenvalue weighted by molar-refractivity contribution is 5.96. The summed E-state index contributed by atoms with van der Waals surface area (Å²) in [7, 11) is 1.74. The predicted octanol–water partition coefficient (Wildman–Crippen LogP) is 3.48. The molecule has 5 nitrogen and oxygen atoms in total. The lowest BCUT2D eigenvalue weighted by atomic mass is 10.1. The van der Waals surface area contributed by atoms with E-state index in [-0.39, 0.29) is 24.5 Å². The fraction of sp³-hybridized carbons (Fsp3) is 0.364. The molecule has 2 rings (SSSR count). The minimum absolute atomic E-state index is 0.0372. The Balaban J connectivity index is 1.87. The van der Waals surface area contributed by atoms with E-state index in [9.17, 15) is 9.59 Å². The van der Waals surface area contributed by atoms with Crippen molar-refractivity contribution in [1.29, 1.82) is 0 Å². The van der Waals surface area contributed by atoms with Crippen molar-refractivity contribution in [3.05, 3.63) is 64.7 Å². The number of amides is 2. The summed E-state index contributed by atoms with van der Waals surface area (Å²) in [6, 6.07) is 13.1. The minimum atomic E-state index is -0.278. The number of nitrogens with one attached hydrogen (secondary N) is 1. The van der Waals surface area contributed by atoms with Gasteiger partial charge in [0.05, 0.1) is 12.6 Å². The molecule has 5 heteroatoms. The van der Waals surface area contributed by atoms with Gasteiger partial charge >= 0.3 is 0 Å². The third kappa shape index (κ3) is 6.13. The third-order valence-electron chi connectivity index (χ3n) is 4.22. The van der Waals surface area contributed by atoms with Crippen LogP contribution in [0.5, 0.6) is 5.75 Å². The van der Waals surface area contributed by atoms with Crippen molar-refractivity contribution in [3.8, 4) is 5.75 Å². The monoisotopic (exact) mass is 368 g/mol. The molecule has 0 radical (unpaired) electrons. The van der Waals surface area contributed by atoms with Crippen molar-refractivity contribution in [3.63, 3.8) is 0 Å². The van der Waals surface area contributed by atoms with Crippen LogP contribution < -0.4 is 10.1 Å². The van der Waals surface area contributed by atoms with Crippen molar-refractivity contribution >= 4 is 11.8 Å². The molecule has 0 aliphatic rings. The van der Waals surface area contributed by atoms with Gasteiger partial charge in [0, 0.05) is 19.2 Å². The Morgan fingerprint density at radius 3 is 2.33 bits per heavy atom. The van der Waals surface area contributed by atoms with Crippen LogP contribution in [0.1, 0.15) is 40.9 Å². The summed E-state index contributed by atoms with van der Waals surface area (Å²) in [5, 5.41) is 2.68. The van der Waals surface area contributed by atoms with Gasteiger partial charge in [-0.05, 0) is 63.1 Å². The SMILES string of the molecule is Cc1ccc(CN(C)C(=O)CNC(=O)c2ccc(OC(C)C)cc2)c(C)c1. The van der Waals surface area contributed by atoms with Gasteiger partial charge in [0.25, 0.3) is 5.91 Å². The van der Waals surface area contributed by atoms with Gasteiger partial charge in [0.2, 0.25) is 5.91 Å². The van der Waals surface area contributed by atoms with E-state index < -0.39 is 0 Å². The Morgan fingerprint density at radius 1 is 1.07 bits per heavy atom. The first-order valence-electron chi connectivity index (χ1n) is 9.11. The van der Waals surface area contributed by atoms with Gasteiger partial charge in [0.1, 0.15) is 5.75 Å². The molecule has 27 heavy (non-hydrogen) atoms. The summed E-state index contributed by atoms with van der Waals surface area (Å²) in [6.07, 6.45) is 0.0787. The van der Waals surface area contributed by atoms with Crippen molar-refractivity contribution in [2.75, 3.05) is 13.6 Å². The first-order chi connectivity index (χ1) is 12.8. The van der Waals surface area contributed by atoms with E-state index in [0.29, 0.717) is 17.9 Å². The predicted molar refractivity (Wildman–Crippen MR) is 107 cm³/mol. The average molecular weight is 368 g/mol. The van der Waals surface area contributed by atoms with Gasteiger partial charge in [-0.15, -0.1) is 0 Å². The number of likely N-dealkylation sites (N-methyl/N-ethyl adjacent to an activating group) is 1. The summed E-state index contributed by atoms with van der Waals surface area (Å²) < 4.78 is 5.56. The van der Waals surface area contributed by atoms with Gasteiger partial charge in [0.15, 0.2) is 0 Å². The van der Waals surface area contributed by atoms with Gasteiger partial charge in [-0.2, -0.15) is 0 Å². The average Bonchev–Trinajstić information content (AvgIpc) is 2.61. The van der Waals surface area contributed by atoms with Crippen molar-refractivity contribution in [2.45, 2.75) is 40.3 Å². The molecule has 0 spiro atoms. The topological polar surface area (TPSA) is 58.6 Å². The summed E-state index contributed by atoms with van der Waals surface area (Å²) >= 11 is 0. The van der Waals surface area contributed by atoms with Crippen molar-refractivity contribution < 1.29 is 14.3 Å². The second-order valence-electron chi connectivity index (χ2n) is 7.05. The van der Waals surface area contributed by atoms with E-state index in [0.717, 1.165) is 11.1 Å². The van der Waals surface area contributed by atoms with E-state index >= 15 is 0 Å². The molecule has 0 atom stereocenters. The lowest BCUT2D eigenvalue weighted by Gasteiger charge is -2.19. The molecule has 0 aliphatic heterocycles. The molecule has 0 aromatic heterocycles. The normalized spacial score (nSPS) is 10.6. The van der Waals surface area contributed by atoms with Crippen LogP contribution in [-0.2, 0) is 11.3 Å². The smallest absolute Gasteiger partial charge is 0.251 e. The fourth-order valence-electron chi connectivity index (χ4n) is 2.72. The standard InChI is InChI=1S/C22H28N2O3/c1-15(2)27-20-10-8-18(9-11-20)22(26)23-13-21(25)24(5)14-19-7-6-16(3)12-17(19)4/h6-12,15H,13-14H2,1-5H3,(H,23,26). The Kier molecular flexibility index (Phi) is 6.99. The molecular weight excluding hydrogens is 340 g/mol. The van der Waals surface area contributed by atoms with E-state index in [2.05, 4.69) is 11.4 Å². The summed E-state index contributed by atoms with van der Waals surface area (Å²) in [5.41, 5.74) is 3.95. The number of carbonyl (C=O) groups is 2. The highest BCUT2D eigenvalue weighted by Crippen LogP contribution is 2.14. The molecule has 0 fully saturated rings. The van der Waals surface area contributed by atoms with Crippen molar-refractivity contribution in [1.82, 2.24) is 10.2 Å². The number of benzene rings is 2. The van der Waals surface area contributed by atoms with Gasteiger partial charge in [-0.1, -0.05) is 23.8 Å². The van der Waals surface area contributed by atoms with E-state index in [1.54, 1.807) is 36.2 Å². The molecule has 0 unspecified atom stereocenters. The summed E-state index contributed by atoms with van der Waals surface area (Å²) in [4.78, 5) is 26.2. The third-order valence-corrected chi connectivity index (χ3v) is 4.22. The molecule has 0 saturated carbocycles. The Hall–Kier alpha value is -2.82. The molecule has 0 bridgehead atoms. The van der Waals surface area contributed by atoms with E-state index in [4.69, 9.17) is 4.74 Å². The van der Waals surface area contributed by atoms with Crippen LogP contribution in [0.25, 0.3) is 0 Å². The molecule has 2 aromatic rings. The second-order valence-corrected chi connectivity index (χ2v) is 7.05. The van der Waals surface area contributed by atoms with Crippen LogP contribution in [-0.4, -0.2) is 36.4 Å². The molecular formula is C22H28N2O3. The molecule has 0 aliphatic carbocycles. The number of carbonyl (C=O) groups excluding carboxylic acids is 2. The first kappa shape index (κ1) is 20.5. The molecule has 2 amide bonds. The van der Waals surface area contributed by atoms with Crippen LogP contribution in [0.15, 0.2) is 42.5 Å². The number of hydrogen-bond acceptors (Lipinski definition) is 3. The van der Waals surface area contributed by atoms with Crippen LogP contribution in [0.2, 0.25) is 0 Å². The molecule has 2 aromatic carbocycles. The zero-order valence-corrected chi connectivity index (χ0v) is 16.7. The minimum Gasteiger partial charge on any atom is -0.491 e. The molecule has 144 valence electrons. The van der Waals surface area contributed by atoms with Crippen LogP contribution >= 0.6 is 0 Å². The zero-order chi connectivity index (χ0) is 20.0. The molecule has 0 heterocycles. The number of rotatable bonds is 7. The van der Waals surface area contributed by atoms with Crippen LogP contribution in [0.3, 0.4) is 0 Å². The van der Waals surface area contributed by atoms with Crippen molar-refractivity contribution in [2.24, 2.45) is 0 Å². The van der Waals surface area contributed by atoms with E-state index in [1.807, 2.05) is 39.8 Å². The van der Waals surface area contributed by atoms with Gasteiger partial charge in [-0.25, -0.2) is 0 Å². The number of hydrogen-bond donors (Lipinski definition) is 1.